The minimum atomic E-state index is -0.316. The van der Waals surface area contributed by atoms with E-state index in [1.54, 1.807) is 0 Å². The maximum absolute atomic E-state index is 12.2. The van der Waals surface area contributed by atoms with Gasteiger partial charge in [0.05, 0.1) is 19.4 Å². The van der Waals surface area contributed by atoms with E-state index in [9.17, 15) is 9.59 Å². The summed E-state index contributed by atoms with van der Waals surface area (Å²) < 4.78 is 4.55. The predicted molar refractivity (Wildman–Crippen MR) is 75.3 cm³/mol. The van der Waals surface area contributed by atoms with Gasteiger partial charge in [-0.25, -0.2) is 0 Å². The highest BCUT2D eigenvalue weighted by atomic mass is 16.5. The van der Waals surface area contributed by atoms with E-state index >= 15 is 0 Å². The van der Waals surface area contributed by atoms with E-state index in [0.29, 0.717) is 13.1 Å². The molecule has 5 nitrogen and oxygen atoms in total. The zero-order valence-corrected chi connectivity index (χ0v) is 11.9. The monoisotopic (exact) mass is 276 g/mol. The number of aryl methyl sites for hydroxylation is 1. The summed E-state index contributed by atoms with van der Waals surface area (Å²) in [6.45, 7) is 3.79. The van der Waals surface area contributed by atoms with E-state index in [1.165, 1.54) is 18.2 Å². The van der Waals surface area contributed by atoms with Gasteiger partial charge in [0.15, 0.2) is 0 Å². The summed E-state index contributed by atoms with van der Waals surface area (Å²) in [7, 11) is 1.34. The van der Waals surface area contributed by atoms with Crippen LogP contribution in [0.2, 0.25) is 0 Å². The van der Waals surface area contributed by atoms with Crippen LogP contribution in [0.15, 0.2) is 18.2 Å². The molecule has 5 heteroatoms. The summed E-state index contributed by atoms with van der Waals surface area (Å²) in [5.74, 6) is -0.562. The minimum Gasteiger partial charge on any atom is -0.469 e. The maximum Gasteiger partial charge on any atom is 0.307 e. The summed E-state index contributed by atoms with van der Waals surface area (Å²) >= 11 is 0. The molecule has 0 spiro atoms. The molecule has 1 amide bonds. The van der Waals surface area contributed by atoms with Crippen molar-refractivity contribution in [2.24, 2.45) is 0 Å². The number of ether oxygens (including phenoxy) is 1. The van der Waals surface area contributed by atoms with Gasteiger partial charge in [-0.2, -0.15) is 0 Å². The number of nitrogens with one attached hydrogen (secondary N) is 2. The van der Waals surface area contributed by atoms with Crippen LogP contribution in [0.3, 0.4) is 0 Å². The Morgan fingerprint density at radius 1 is 1.45 bits per heavy atom. The molecule has 0 fully saturated rings. The molecule has 1 aliphatic heterocycles. The second-order valence-electron chi connectivity index (χ2n) is 4.94. The Balaban J connectivity index is 2.02. The predicted octanol–water partition coefficient (Wildman–Crippen LogP) is 0.861. The van der Waals surface area contributed by atoms with E-state index in [1.807, 2.05) is 12.1 Å². The number of carbonyl (C=O) groups is 2. The SMILES string of the molecule is COC(=O)CCNC(=O)C1CNCc2c(C)cccc21. The van der Waals surface area contributed by atoms with Crippen molar-refractivity contribution in [3.63, 3.8) is 0 Å². The normalized spacial score (nSPS) is 17.2. The van der Waals surface area contributed by atoms with Crippen molar-refractivity contribution in [3.8, 4) is 0 Å². The molecule has 0 radical (unpaired) electrons. The molecule has 108 valence electrons. The van der Waals surface area contributed by atoms with Gasteiger partial charge in [-0.3, -0.25) is 9.59 Å². The molecule has 2 rings (SSSR count). The van der Waals surface area contributed by atoms with Crippen molar-refractivity contribution in [2.45, 2.75) is 25.8 Å². The van der Waals surface area contributed by atoms with Crippen LogP contribution in [0.4, 0.5) is 0 Å². The second-order valence-corrected chi connectivity index (χ2v) is 4.94. The molecule has 1 unspecified atom stereocenters. The Bertz CT molecular complexity index is 514. The Labute approximate surface area is 118 Å². The fraction of sp³-hybridized carbons (Fsp3) is 0.467. The molecule has 0 aromatic heterocycles. The van der Waals surface area contributed by atoms with Crippen LogP contribution in [0.5, 0.6) is 0 Å². The lowest BCUT2D eigenvalue weighted by molar-refractivity contribution is -0.140. The highest BCUT2D eigenvalue weighted by Crippen LogP contribution is 2.26. The number of hydrogen-bond donors (Lipinski definition) is 2. The topological polar surface area (TPSA) is 67.4 Å². The Kier molecular flexibility index (Phi) is 4.74. The van der Waals surface area contributed by atoms with Crippen molar-refractivity contribution in [1.29, 1.82) is 0 Å². The van der Waals surface area contributed by atoms with Crippen LogP contribution < -0.4 is 10.6 Å². The third kappa shape index (κ3) is 3.17. The third-order valence-corrected chi connectivity index (χ3v) is 3.64. The molecular weight excluding hydrogens is 256 g/mol. The van der Waals surface area contributed by atoms with E-state index in [4.69, 9.17) is 0 Å². The molecule has 0 saturated heterocycles. The van der Waals surface area contributed by atoms with Crippen LogP contribution in [-0.4, -0.2) is 32.1 Å². The van der Waals surface area contributed by atoms with Gasteiger partial charge in [-0.05, 0) is 23.6 Å². The molecular formula is C15H20N2O3. The average Bonchev–Trinajstić information content (AvgIpc) is 2.46. The quantitative estimate of drug-likeness (QED) is 0.801. The maximum atomic E-state index is 12.2. The summed E-state index contributed by atoms with van der Waals surface area (Å²) in [5, 5.41) is 6.07. The zero-order chi connectivity index (χ0) is 14.5. The zero-order valence-electron chi connectivity index (χ0n) is 11.9. The van der Waals surface area contributed by atoms with E-state index < -0.39 is 0 Å². The van der Waals surface area contributed by atoms with Gasteiger partial charge in [0, 0.05) is 19.6 Å². The van der Waals surface area contributed by atoms with Gasteiger partial charge in [-0.1, -0.05) is 18.2 Å². The van der Waals surface area contributed by atoms with Crippen molar-refractivity contribution in [1.82, 2.24) is 10.6 Å². The van der Waals surface area contributed by atoms with Crippen molar-refractivity contribution < 1.29 is 14.3 Å². The van der Waals surface area contributed by atoms with Crippen LogP contribution >= 0.6 is 0 Å². The second kappa shape index (κ2) is 6.52. The van der Waals surface area contributed by atoms with Crippen LogP contribution in [0, 0.1) is 6.92 Å². The first-order chi connectivity index (χ1) is 9.63. The Hall–Kier alpha value is -1.88. The fourth-order valence-corrected chi connectivity index (χ4v) is 2.49. The summed E-state index contributed by atoms with van der Waals surface area (Å²) in [6, 6.07) is 6.04. The van der Waals surface area contributed by atoms with Crippen LogP contribution in [-0.2, 0) is 20.9 Å². The summed E-state index contributed by atoms with van der Waals surface area (Å²) in [5.41, 5.74) is 3.48. The molecule has 1 aliphatic rings. The van der Waals surface area contributed by atoms with E-state index in [0.717, 1.165) is 12.1 Å². The minimum absolute atomic E-state index is 0.0482. The largest absolute Gasteiger partial charge is 0.469 e. The molecule has 20 heavy (non-hydrogen) atoms. The first-order valence-corrected chi connectivity index (χ1v) is 6.77. The number of carbonyl (C=O) groups excluding carboxylic acids is 2. The number of amides is 1. The fourth-order valence-electron chi connectivity index (χ4n) is 2.49. The van der Waals surface area contributed by atoms with Gasteiger partial charge < -0.3 is 15.4 Å². The molecule has 1 atom stereocenters. The number of hydrogen-bond acceptors (Lipinski definition) is 4. The number of fused-ring (bicyclic) bond motifs is 1. The molecule has 0 bridgehead atoms. The number of methoxy groups -OCH3 is 1. The molecule has 0 aliphatic carbocycles. The van der Waals surface area contributed by atoms with Crippen molar-refractivity contribution in [3.05, 3.63) is 34.9 Å². The van der Waals surface area contributed by atoms with Gasteiger partial charge in [-0.15, -0.1) is 0 Å². The number of esters is 1. The molecule has 0 saturated carbocycles. The van der Waals surface area contributed by atoms with Crippen molar-refractivity contribution >= 4 is 11.9 Å². The first-order valence-electron chi connectivity index (χ1n) is 6.77. The lowest BCUT2D eigenvalue weighted by atomic mass is 9.88. The molecule has 2 N–H and O–H groups in total. The van der Waals surface area contributed by atoms with Gasteiger partial charge in [0.2, 0.25) is 5.91 Å². The van der Waals surface area contributed by atoms with Gasteiger partial charge in [0.25, 0.3) is 0 Å². The standard InChI is InChI=1S/C15H20N2O3/c1-10-4-3-5-11-12(10)8-16-9-13(11)15(19)17-7-6-14(18)20-2/h3-5,13,16H,6-9H2,1-2H3,(H,17,19). The molecule has 1 aromatic carbocycles. The van der Waals surface area contributed by atoms with Gasteiger partial charge in [0.1, 0.15) is 0 Å². The van der Waals surface area contributed by atoms with Crippen LogP contribution in [0.25, 0.3) is 0 Å². The Morgan fingerprint density at radius 3 is 3.00 bits per heavy atom. The lowest BCUT2D eigenvalue weighted by Crippen LogP contribution is -2.39. The highest BCUT2D eigenvalue weighted by molar-refractivity contribution is 5.85. The highest BCUT2D eigenvalue weighted by Gasteiger charge is 2.26. The van der Waals surface area contributed by atoms with Crippen molar-refractivity contribution in [2.75, 3.05) is 20.2 Å². The first kappa shape index (κ1) is 14.5. The number of rotatable bonds is 4. The number of benzene rings is 1. The third-order valence-electron chi connectivity index (χ3n) is 3.64. The van der Waals surface area contributed by atoms with Crippen LogP contribution in [0.1, 0.15) is 29.0 Å². The lowest BCUT2D eigenvalue weighted by Gasteiger charge is -2.26. The van der Waals surface area contributed by atoms with Gasteiger partial charge >= 0.3 is 5.97 Å². The molecule has 1 aromatic rings. The van der Waals surface area contributed by atoms with E-state index in [2.05, 4.69) is 28.4 Å². The molecule has 1 heterocycles. The smallest absolute Gasteiger partial charge is 0.307 e. The summed E-state index contributed by atoms with van der Waals surface area (Å²) in [6.07, 6.45) is 0.197. The summed E-state index contributed by atoms with van der Waals surface area (Å²) in [4.78, 5) is 23.3. The average molecular weight is 276 g/mol. The van der Waals surface area contributed by atoms with E-state index in [-0.39, 0.29) is 24.2 Å². The Morgan fingerprint density at radius 2 is 2.25 bits per heavy atom.